The van der Waals surface area contributed by atoms with Crippen molar-refractivity contribution in [1.82, 2.24) is 0 Å². The predicted octanol–water partition coefficient (Wildman–Crippen LogP) is -1.05. The summed E-state index contributed by atoms with van der Waals surface area (Å²) in [7, 11) is 1.90. The fourth-order valence-corrected chi connectivity index (χ4v) is 4.74. The van der Waals surface area contributed by atoms with Crippen LogP contribution < -0.4 is 5.73 Å². The third kappa shape index (κ3) is 11.3. The van der Waals surface area contributed by atoms with E-state index >= 15 is 0 Å². The molecule has 2 fully saturated rings. The normalized spacial score (nSPS) is 31.0. The lowest BCUT2D eigenvalue weighted by molar-refractivity contribution is -0.358. The van der Waals surface area contributed by atoms with E-state index in [1.54, 1.807) is 0 Å². The molecule has 2 N–H and O–H groups in total. The first-order valence-corrected chi connectivity index (χ1v) is 13.7. The lowest BCUT2D eigenvalue weighted by atomic mass is 9.96. The second-order valence-electron chi connectivity index (χ2n) is 9.63. The smallest absolute Gasteiger partial charge is 0.405 e. The van der Waals surface area contributed by atoms with E-state index < -0.39 is 117 Å². The second kappa shape index (κ2) is 17.2. The minimum atomic E-state index is -1.80. The molecule has 2 rings (SSSR count). The first kappa shape index (κ1) is 37.5. The van der Waals surface area contributed by atoms with Gasteiger partial charge in [-0.1, -0.05) is 0 Å². The van der Waals surface area contributed by atoms with Crippen molar-refractivity contribution in [3.63, 3.8) is 0 Å². The zero-order chi connectivity index (χ0) is 34.0. The zero-order valence-electron chi connectivity index (χ0n) is 25.2. The van der Waals surface area contributed by atoms with Crippen LogP contribution in [-0.2, 0) is 80.7 Å². The van der Waals surface area contributed by atoms with E-state index in [-0.39, 0.29) is 0 Å². The zero-order valence-corrected chi connectivity index (χ0v) is 26.3. The van der Waals surface area contributed by atoms with Crippen LogP contribution in [0.15, 0.2) is 0 Å². The molecule has 0 bridgehead atoms. The molecule has 1 unspecified atom stereocenters. The molecule has 0 aromatic heterocycles. The number of esters is 6. The molecule has 20 heteroatoms. The van der Waals surface area contributed by atoms with E-state index in [2.05, 4.69) is 0 Å². The summed E-state index contributed by atoms with van der Waals surface area (Å²) in [6, 6.07) is 0. The number of hydrogen-bond donors (Lipinski definition) is 1. The Morgan fingerprint density at radius 3 is 1.29 bits per heavy atom. The van der Waals surface area contributed by atoms with Crippen LogP contribution in [0.25, 0.3) is 0 Å². The fourth-order valence-electron chi connectivity index (χ4n) is 4.52. The number of carbonyl (C=O) groups excluding carboxylic acids is 7. The number of carbonyl (C=O) groups is 7. The Labute approximate surface area is 259 Å². The molecular formula is C25H36NO18P. The number of primary amides is 1. The molecule has 2 aliphatic rings. The van der Waals surface area contributed by atoms with Gasteiger partial charge in [0.15, 0.2) is 49.2 Å². The van der Waals surface area contributed by atoms with Gasteiger partial charge in [-0.3, -0.25) is 28.8 Å². The quantitative estimate of drug-likeness (QED) is 0.148. The molecule has 0 aromatic carbocycles. The Kier molecular flexibility index (Phi) is 14.3. The molecule has 2 saturated heterocycles. The summed E-state index contributed by atoms with van der Waals surface area (Å²) < 4.78 is 59.9. The van der Waals surface area contributed by atoms with Crippen LogP contribution in [0.2, 0.25) is 0 Å². The molecule has 2 aliphatic heterocycles. The minimum Gasteiger partial charge on any atom is -0.463 e. The standard InChI is InChI=1S/C25H36NO18P/c1-9(27)34-7-15-18(37-12(4)30)20(43-25(26)33)21(39-14(6)32)23(40-15)42-22-19(38-13(5)31)17(36-11(3)29)16(8-35-10(2)28)41-24(22)44-45/h15-24H,7-8,45H2,1-6H3,(H2,26,33)/t15-,16+,17-,18-,19+,20+,21+,22+,23-,24-/m1/s1. The van der Waals surface area contributed by atoms with Crippen molar-refractivity contribution in [2.75, 3.05) is 13.2 Å². The van der Waals surface area contributed by atoms with Gasteiger partial charge in [0, 0.05) is 51.0 Å². The highest BCUT2D eigenvalue weighted by molar-refractivity contribution is 7.09. The fraction of sp³-hybridized carbons (Fsp3) is 0.720. The van der Waals surface area contributed by atoms with Gasteiger partial charge in [-0.2, -0.15) is 0 Å². The minimum absolute atomic E-state index is 0.471. The predicted molar refractivity (Wildman–Crippen MR) is 143 cm³/mol. The van der Waals surface area contributed by atoms with E-state index in [4.69, 9.17) is 57.6 Å². The number of amides is 1. The summed E-state index contributed by atoms with van der Waals surface area (Å²) in [5, 5.41) is 0. The van der Waals surface area contributed by atoms with Crippen molar-refractivity contribution >= 4 is 51.4 Å². The van der Waals surface area contributed by atoms with Gasteiger partial charge in [0.2, 0.25) is 0 Å². The Hall–Kier alpha value is -3.64. The van der Waals surface area contributed by atoms with Gasteiger partial charge in [-0.05, 0) is 0 Å². The highest BCUT2D eigenvalue weighted by Gasteiger charge is 2.57. The van der Waals surface area contributed by atoms with Crippen LogP contribution in [0, 0.1) is 0 Å². The summed E-state index contributed by atoms with van der Waals surface area (Å²) in [6.45, 7) is 5.28. The maximum Gasteiger partial charge on any atom is 0.405 e. The van der Waals surface area contributed by atoms with E-state index in [9.17, 15) is 33.6 Å². The van der Waals surface area contributed by atoms with Crippen LogP contribution in [0.4, 0.5) is 4.79 Å². The van der Waals surface area contributed by atoms with Gasteiger partial charge >= 0.3 is 41.9 Å². The number of ether oxygens (including phenoxy) is 10. The number of nitrogens with two attached hydrogens (primary N) is 1. The molecule has 45 heavy (non-hydrogen) atoms. The molecule has 19 nitrogen and oxygen atoms in total. The summed E-state index contributed by atoms with van der Waals surface area (Å²) in [6.07, 6.45) is -17.0. The highest BCUT2D eigenvalue weighted by atomic mass is 31.0. The SMILES string of the molecule is CC(=O)OC[C@@H]1O[C@H](OP)[C@@H](O[C@H]2O[C@H](COC(C)=O)[C@@H](OC(C)=O)[C@H](OC(N)=O)[C@@H]2OC(C)=O)[C@@H](OC(C)=O)[C@@H]1OC(C)=O. The first-order valence-electron chi connectivity index (χ1n) is 13.3. The molecule has 0 aliphatic carbocycles. The van der Waals surface area contributed by atoms with Crippen molar-refractivity contribution in [3.8, 4) is 0 Å². The van der Waals surface area contributed by atoms with Crippen molar-refractivity contribution in [3.05, 3.63) is 0 Å². The van der Waals surface area contributed by atoms with Gasteiger partial charge in [0.25, 0.3) is 0 Å². The Morgan fingerprint density at radius 2 is 0.911 bits per heavy atom. The molecule has 0 radical (unpaired) electrons. The Bertz CT molecular complexity index is 1120. The summed E-state index contributed by atoms with van der Waals surface area (Å²) in [4.78, 5) is 83.5. The van der Waals surface area contributed by atoms with E-state index in [1.807, 2.05) is 9.47 Å². The largest absolute Gasteiger partial charge is 0.463 e. The van der Waals surface area contributed by atoms with Crippen LogP contribution in [0.3, 0.4) is 0 Å². The third-order valence-corrected chi connectivity index (χ3v) is 6.24. The molecule has 0 aromatic rings. The van der Waals surface area contributed by atoms with E-state index in [0.29, 0.717) is 0 Å². The first-order chi connectivity index (χ1) is 21.0. The topological polar surface area (TPSA) is 247 Å². The average Bonchev–Trinajstić information content (AvgIpc) is 2.90. The van der Waals surface area contributed by atoms with Crippen LogP contribution >= 0.6 is 9.47 Å². The summed E-state index contributed by atoms with van der Waals surface area (Å²) >= 11 is 0. The molecule has 0 saturated carbocycles. The molecule has 0 spiro atoms. The second-order valence-corrected chi connectivity index (χ2v) is 9.90. The third-order valence-electron chi connectivity index (χ3n) is 5.97. The van der Waals surface area contributed by atoms with Gasteiger partial charge < -0.3 is 57.6 Å². The Morgan fingerprint density at radius 1 is 0.533 bits per heavy atom. The van der Waals surface area contributed by atoms with Crippen molar-refractivity contribution in [2.24, 2.45) is 5.73 Å². The number of rotatable bonds is 12. The van der Waals surface area contributed by atoms with Gasteiger partial charge in [0.05, 0.1) is 0 Å². The maximum atomic E-state index is 12.2. The monoisotopic (exact) mass is 669 g/mol. The number of hydrogen-bond acceptors (Lipinski definition) is 18. The van der Waals surface area contributed by atoms with Gasteiger partial charge in [-0.25, -0.2) is 4.79 Å². The maximum absolute atomic E-state index is 12.2. The lowest BCUT2D eigenvalue weighted by Crippen LogP contribution is -2.67. The highest BCUT2D eigenvalue weighted by Crippen LogP contribution is 2.35. The van der Waals surface area contributed by atoms with Crippen molar-refractivity contribution in [1.29, 1.82) is 0 Å². The molecular weight excluding hydrogens is 633 g/mol. The van der Waals surface area contributed by atoms with E-state index in [0.717, 1.165) is 41.5 Å². The lowest BCUT2D eigenvalue weighted by Gasteiger charge is -2.48. The molecule has 1 amide bonds. The average molecular weight is 670 g/mol. The van der Waals surface area contributed by atoms with Crippen molar-refractivity contribution < 1.29 is 85.5 Å². The summed E-state index contributed by atoms with van der Waals surface area (Å²) in [5.74, 6) is -5.00. The van der Waals surface area contributed by atoms with Gasteiger partial charge in [0.1, 0.15) is 25.4 Å². The van der Waals surface area contributed by atoms with Crippen LogP contribution in [0.5, 0.6) is 0 Å². The van der Waals surface area contributed by atoms with Crippen LogP contribution in [-0.4, -0.2) is 117 Å². The van der Waals surface area contributed by atoms with E-state index in [1.165, 1.54) is 0 Å². The molecule has 11 atom stereocenters. The van der Waals surface area contributed by atoms with Gasteiger partial charge in [-0.15, -0.1) is 0 Å². The van der Waals surface area contributed by atoms with Crippen LogP contribution in [0.1, 0.15) is 41.5 Å². The molecule has 2 heterocycles. The summed E-state index contributed by atoms with van der Waals surface area (Å²) in [5.41, 5.74) is 5.26. The van der Waals surface area contributed by atoms with Crippen molar-refractivity contribution in [2.45, 2.75) is 103 Å². The Balaban J connectivity index is 2.64. The molecule has 254 valence electrons.